The molecule has 1 aliphatic heterocycles. The third-order valence-electron chi connectivity index (χ3n) is 3.52. The van der Waals surface area contributed by atoms with E-state index in [1.165, 1.54) is 17.4 Å². The standard InChI is InChI=1S/C14H18BNO6S/c17-6-5-10(11-2-1-7-23-11)14(20)16-12-4-3-9(8-13(18)19)22-15(12)21/h1-2,5,7,9,12,17,21H,3-4,6,8H2,(H,16,20)(H,18,19)/b10-5-/t9-,12-/m0/s1. The molecule has 2 atom stereocenters. The highest BCUT2D eigenvalue weighted by Gasteiger charge is 2.37. The summed E-state index contributed by atoms with van der Waals surface area (Å²) in [5, 5.41) is 32.3. The number of hydrogen-bond donors (Lipinski definition) is 4. The summed E-state index contributed by atoms with van der Waals surface area (Å²) in [5.74, 6) is -2.02. The lowest BCUT2D eigenvalue weighted by atomic mass is 9.72. The van der Waals surface area contributed by atoms with Gasteiger partial charge in [0.15, 0.2) is 0 Å². The van der Waals surface area contributed by atoms with E-state index in [0.717, 1.165) is 0 Å². The number of aliphatic carboxylic acids is 1. The summed E-state index contributed by atoms with van der Waals surface area (Å²) in [4.78, 5) is 23.7. The van der Waals surface area contributed by atoms with E-state index in [0.29, 0.717) is 23.3 Å². The van der Waals surface area contributed by atoms with Crippen LogP contribution < -0.4 is 5.32 Å². The van der Waals surface area contributed by atoms with E-state index in [1.807, 2.05) is 5.38 Å². The molecule has 0 radical (unpaired) electrons. The number of rotatable bonds is 6. The number of carbonyl (C=O) groups excluding carboxylic acids is 1. The zero-order chi connectivity index (χ0) is 16.8. The third-order valence-corrected chi connectivity index (χ3v) is 4.42. The summed E-state index contributed by atoms with van der Waals surface area (Å²) >= 11 is 1.37. The van der Waals surface area contributed by atoms with Gasteiger partial charge >= 0.3 is 13.1 Å². The lowest BCUT2D eigenvalue weighted by molar-refractivity contribution is -0.139. The first-order chi connectivity index (χ1) is 11.0. The largest absolute Gasteiger partial charge is 0.481 e. The molecule has 0 aliphatic carbocycles. The van der Waals surface area contributed by atoms with Gasteiger partial charge in [0, 0.05) is 4.88 Å². The average Bonchev–Trinajstić information content (AvgIpc) is 3.00. The van der Waals surface area contributed by atoms with Gasteiger partial charge in [-0.1, -0.05) is 6.07 Å². The molecule has 2 heterocycles. The molecule has 1 aromatic rings. The SMILES string of the molecule is O=C(O)C[C@@H]1CC[C@H](NC(=O)/C(=C\CO)c2cccs2)B(O)O1. The Hall–Kier alpha value is -1.68. The van der Waals surface area contributed by atoms with Crippen molar-refractivity contribution in [2.24, 2.45) is 0 Å². The Morgan fingerprint density at radius 1 is 1.48 bits per heavy atom. The smallest absolute Gasteiger partial charge is 0.478 e. The summed E-state index contributed by atoms with van der Waals surface area (Å²) in [7, 11) is -1.25. The van der Waals surface area contributed by atoms with Crippen molar-refractivity contribution in [3.8, 4) is 0 Å². The van der Waals surface area contributed by atoms with E-state index in [4.69, 9.17) is 14.9 Å². The summed E-state index contributed by atoms with van der Waals surface area (Å²) in [6, 6.07) is 3.57. The third kappa shape index (κ3) is 4.90. The van der Waals surface area contributed by atoms with Gasteiger partial charge < -0.3 is 25.2 Å². The van der Waals surface area contributed by atoms with Gasteiger partial charge in [-0.3, -0.25) is 9.59 Å². The molecule has 1 fully saturated rings. The van der Waals surface area contributed by atoms with E-state index in [1.54, 1.807) is 12.1 Å². The van der Waals surface area contributed by atoms with Gasteiger partial charge in [0.25, 0.3) is 5.91 Å². The molecule has 9 heteroatoms. The first-order valence-electron chi connectivity index (χ1n) is 7.22. The van der Waals surface area contributed by atoms with Gasteiger partial charge in [0.1, 0.15) is 0 Å². The lowest BCUT2D eigenvalue weighted by Crippen LogP contribution is -2.53. The minimum Gasteiger partial charge on any atom is -0.481 e. The molecular weight excluding hydrogens is 321 g/mol. The number of aliphatic hydroxyl groups excluding tert-OH is 1. The van der Waals surface area contributed by atoms with Crippen LogP contribution in [0.15, 0.2) is 23.6 Å². The van der Waals surface area contributed by atoms with Gasteiger partial charge in [-0.15, -0.1) is 11.3 Å². The Bertz CT molecular complexity index is 576. The van der Waals surface area contributed by atoms with Gasteiger partial charge in [0.05, 0.1) is 30.6 Å². The number of carboxylic acid groups (broad SMARTS) is 1. The van der Waals surface area contributed by atoms with Crippen molar-refractivity contribution in [3.63, 3.8) is 0 Å². The molecule has 0 aromatic carbocycles. The number of thiophene rings is 1. The second-order valence-corrected chi connectivity index (χ2v) is 6.13. The quantitative estimate of drug-likeness (QED) is 0.437. The Morgan fingerprint density at radius 2 is 2.26 bits per heavy atom. The van der Waals surface area contributed by atoms with Crippen LogP contribution >= 0.6 is 11.3 Å². The maximum Gasteiger partial charge on any atom is 0.478 e. The first-order valence-corrected chi connectivity index (χ1v) is 8.10. The van der Waals surface area contributed by atoms with Crippen molar-refractivity contribution in [3.05, 3.63) is 28.5 Å². The van der Waals surface area contributed by atoms with E-state index in [-0.39, 0.29) is 13.0 Å². The molecular formula is C14H18BNO6S. The van der Waals surface area contributed by atoms with Crippen LogP contribution in [-0.2, 0) is 14.2 Å². The average molecular weight is 339 g/mol. The van der Waals surface area contributed by atoms with Crippen LogP contribution in [0.4, 0.5) is 0 Å². The van der Waals surface area contributed by atoms with E-state index >= 15 is 0 Å². The van der Waals surface area contributed by atoms with E-state index in [2.05, 4.69) is 5.32 Å². The zero-order valence-electron chi connectivity index (χ0n) is 12.3. The molecule has 1 aliphatic rings. The number of carboxylic acids is 1. The fourth-order valence-corrected chi connectivity index (χ4v) is 3.19. The van der Waals surface area contributed by atoms with Crippen LogP contribution in [-0.4, -0.2) is 52.9 Å². The van der Waals surface area contributed by atoms with Crippen molar-refractivity contribution in [1.82, 2.24) is 5.32 Å². The van der Waals surface area contributed by atoms with Crippen molar-refractivity contribution >= 4 is 35.9 Å². The highest BCUT2D eigenvalue weighted by atomic mass is 32.1. The number of carbonyl (C=O) groups is 2. The van der Waals surface area contributed by atoms with Crippen molar-refractivity contribution in [2.45, 2.75) is 31.3 Å². The minimum atomic E-state index is -1.25. The zero-order valence-corrected chi connectivity index (χ0v) is 13.2. The Labute approximate surface area is 137 Å². The molecule has 2 rings (SSSR count). The van der Waals surface area contributed by atoms with E-state index < -0.39 is 31.0 Å². The molecule has 0 saturated carbocycles. The minimum absolute atomic E-state index is 0.178. The molecule has 23 heavy (non-hydrogen) atoms. The normalized spacial score (nSPS) is 22.0. The van der Waals surface area contributed by atoms with Crippen LogP contribution in [0, 0.1) is 0 Å². The second-order valence-electron chi connectivity index (χ2n) is 5.18. The van der Waals surface area contributed by atoms with Crippen molar-refractivity contribution in [1.29, 1.82) is 0 Å². The fourth-order valence-electron chi connectivity index (χ4n) is 2.43. The maximum absolute atomic E-state index is 12.4. The summed E-state index contributed by atoms with van der Waals surface area (Å²) in [6.45, 7) is -0.273. The van der Waals surface area contributed by atoms with Crippen LogP contribution in [0.2, 0.25) is 0 Å². The lowest BCUT2D eigenvalue weighted by Gasteiger charge is -2.31. The van der Waals surface area contributed by atoms with E-state index in [9.17, 15) is 14.6 Å². The monoisotopic (exact) mass is 339 g/mol. The van der Waals surface area contributed by atoms with Crippen LogP contribution in [0.5, 0.6) is 0 Å². The van der Waals surface area contributed by atoms with Gasteiger partial charge in [-0.05, 0) is 30.4 Å². The summed E-state index contributed by atoms with van der Waals surface area (Å²) < 4.78 is 5.23. The highest BCUT2D eigenvalue weighted by Crippen LogP contribution is 2.22. The molecule has 0 spiro atoms. The predicted molar refractivity (Wildman–Crippen MR) is 85.6 cm³/mol. The van der Waals surface area contributed by atoms with Crippen LogP contribution in [0.3, 0.4) is 0 Å². The van der Waals surface area contributed by atoms with Crippen molar-refractivity contribution in [2.75, 3.05) is 6.61 Å². The van der Waals surface area contributed by atoms with Crippen molar-refractivity contribution < 1.29 is 29.5 Å². The molecule has 1 amide bonds. The molecule has 4 N–H and O–H groups in total. The molecule has 0 bridgehead atoms. The molecule has 1 aromatic heterocycles. The molecule has 124 valence electrons. The highest BCUT2D eigenvalue weighted by molar-refractivity contribution is 7.11. The maximum atomic E-state index is 12.4. The number of nitrogens with one attached hydrogen (secondary N) is 1. The first kappa shape index (κ1) is 17.7. The number of aliphatic hydroxyl groups is 1. The Morgan fingerprint density at radius 3 is 2.83 bits per heavy atom. The fraction of sp³-hybridized carbons (Fsp3) is 0.429. The Balaban J connectivity index is 1.97. The molecule has 1 saturated heterocycles. The second kappa shape index (κ2) is 8.25. The van der Waals surface area contributed by atoms with Crippen LogP contribution in [0.1, 0.15) is 24.1 Å². The van der Waals surface area contributed by atoms with Gasteiger partial charge in [-0.2, -0.15) is 0 Å². The summed E-state index contributed by atoms with van der Waals surface area (Å²) in [6.07, 6.45) is 1.53. The van der Waals surface area contributed by atoms with Crippen LogP contribution in [0.25, 0.3) is 5.57 Å². The predicted octanol–water partition coefficient (Wildman–Crippen LogP) is 0.282. The van der Waals surface area contributed by atoms with Gasteiger partial charge in [-0.25, -0.2) is 0 Å². The number of hydrogen-bond acceptors (Lipinski definition) is 6. The Kier molecular flexibility index (Phi) is 6.34. The summed E-state index contributed by atoms with van der Waals surface area (Å²) in [5.41, 5.74) is 0.336. The number of amides is 1. The molecule has 7 nitrogen and oxygen atoms in total. The topological polar surface area (TPSA) is 116 Å². The molecule has 0 unspecified atom stereocenters. The van der Waals surface area contributed by atoms with Gasteiger partial charge in [0.2, 0.25) is 0 Å².